The Morgan fingerprint density at radius 1 is 1.54 bits per heavy atom. The average Bonchev–Trinajstić information content (AvgIpc) is 2.27. The summed E-state index contributed by atoms with van der Waals surface area (Å²) in [5.41, 5.74) is 3.33. The van der Waals surface area contributed by atoms with Gasteiger partial charge in [0.15, 0.2) is 0 Å². The van der Waals surface area contributed by atoms with Crippen LogP contribution < -0.4 is 0 Å². The Morgan fingerprint density at radius 2 is 2.23 bits per heavy atom. The van der Waals surface area contributed by atoms with Crippen molar-refractivity contribution in [3.8, 4) is 0 Å². The van der Waals surface area contributed by atoms with E-state index < -0.39 is 0 Å². The zero-order valence-corrected chi connectivity index (χ0v) is 8.77. The summed E-state index contributed by atoms with van der Waals surface area (Å²) in [6.45, 7) is 7.29. The molecule has 1 saturated heterocycles. The number of hydrogen-bond donors (Lipinski definition) is 0. The molecule has 0 unspecified atom stereocenters. The van der Waals surface area contributed by atoms with Crippen LogP contribution in [-0.4, -0.2) is 18.5 Å². The van der Waals surface area contributed by atoms with Crippen molar-refractivity contribution in [1.29, 1.82) is 0 Å². The number of allylic oxidation sites excluding steroid dienone is 3. The molecule has 0 atom stereocenters. The highest BCUT2D eigenvalue weighted by atomic mass is 15.1. The highest BCUT2D eigenvalue weighted by Crippen LogP contribution is 2.51. The summed E-state index contributed by atoms with van der Waals surface area (Å²) >= 11 is 0. The van der Waals surface area contributed by atoms with Crippen LogP contribution in [0.5, 0.6) is 0 Å². The van der Waals surface area contributed by atoms with Gasteiger partial charge in [-0.3, -0.25) is 0 Å². The van der Waals surface area contributed by atoms with Gasteiger partial charge < -0.3 is 4.90 Å². The van der Waals surface area contributed by atoms with Crippen LogP contribution in [0.4, 0.5) is 0 Å². The minimum atomic E-state index is 0.663. The first-order valence-electron chi connectivity index (χ1n) is 5.19. The number of hydrogen-bond acceptors (Lipinski definition) is 1. The first-order valence-corrected chi connectivity index (χ1v) is 5.19. The smallest absolute Gasteiger partial charge is 0.0232 e. The molecule has 1 aliphatic heterocycles. The Hall–Kier alpha value is -0.720. The predicted molar refractivity (Wildman–Crippen MR) is 56.4 cm³/mol. The molecule has 13 heavy (non-hydrogen) atoms. The molecule has 0 N–H and O–H groups in total. The number of likely N-dealkylation sites (tertiary alicyclic amines) is 1. The van der Waals surface area contributed by atoms with Crippen LogP contribution in [0.2, 0.25) is 0 Å². The second-order valence-electron chi connectivity index (χ2n) is 4.87. The SMILES string of the molecule is C=C(C)/C=C1/CC2(CCC2)CN1C. The maximum Gasteiger partial charge on any atom is 0.0232 e. The molecule has 1 spiro atoms. The van der Waals surface area contributed by atoms with Crippen molar-refractivity contribution >= 4 is 0 Å². The molecule has 1 saturated carbocycles. The van der Waals surface area contributed by atoms with E-state index in [1.165, 1.54) is 43.5 Å². The monoisotopic (exact) mass is 177 g/mol. The molecule has 2 rings (SSSR count). The summed E-state index contributed by atoms with van der Waals surface area (Å²) in [6.07, 6.45) is 7.84. The molecule has 0 radical (unpaired) electrons. The zero-order chi connectivity index (χ0) is 9.47. The summed E-state index contributed by atoms with van der Waals surface area (Å²) in [5.74, 6) is 0. The largest absolute Gasteiger partial charge is 0.377 e. The second-order valence-corrected chi connectivity index (χ2v) is 4.87. The zero-order valence-electron chi connectivity index (χ0n) is 8.77. The van der Waals surface area contributed by atoms with Crippen LogP contribution in [0.1, 0.15) is 32.6 Å². The van der Waals surface area contributed by atoms with Gasteiger partial charge in [0.05, 0.1) is 0 Å². The molecule has 2 fully saturated rings. The molecular formula is C12H19N. The average molecular weight is 177 g/mol. The van der Waals surface area contributed by atoms with E-state index in [0.29, 0.717) is 5.41 Å². The van der Waals surface area contributed by atoms with Gasteiger partial charge in [0.1, 0.15) is 0 Å². The first kappa shape index (κ1) is 8.86. The molecular weight excluding hydrogens is 158 g/mol. The molecule has 0 aromatic rings. The molecule has 0 amide bonds. The number of rotatable bonds is 1. The molecule has 0 aromatic carbocycles. The van der Waals surface area contributed by atoms with Crippen molar-refractivity contribution in [1.82, 2.24) is 4.90 Å². The third-order valence-corrected chi connectivity index (χ3v) is 3.45. The lowest BCUT2D eigenvalue weighted by atomic mass is 9.68. The summed E-state index contributed by atoms with van der Waals surface area (Å²) in [6, 6.07) is 0. The second kappa shape index (κ2) is 2.90. The maximum atomic E-state index is 3.94. The van der Waals surface area contributed by atoms with Crippen LogP contribution >= 0.6 is 0 Å². The molecule has 1 nitrogen and oxygen atoms in total. The lowest BCUT2D eigenvalue weighted by molar-refractivity contribution is 0.145. The topological polar surface area (TPSA) is 3.24 Å². The maximum absolute atomic E-state index is 3.94. The van der Waals surface area contributed by atoms with Crippen molar-refractivity contribution in [3.05, 3.63) is 23.9 Å². The fraction of sp³-hybridized carbons (Fsp3) is 0.667. The van der Waals surface area contributed by atoms with E-state index in [4.69, 9.17) is 0 Å². The van der Waals surface area contributed by atoms with E-state index in [9.17, 15) is 0 Å². The van der Waals surface area contributed by atoms with E-state index >= 15 is 0 Å². The quantitative estimate of drug-likeness (QED) is 0.595. The Morgan fingerprint density at radius 3 is 2.62 bits per heavy atom. The van der Waals surface area contributed by atoms with Crippen LogP contribution in [0.15, 0.2) is 23.9 Å². The van der Waals surface area contributed by atoms with Gasteiger partial charge in [0, 0.05) is 19.3 Å². The highest BCUT2D eigenvalue weighted by molar-refractivity contribution is 5.23. The van der Waals surface area contributed by atoms with Crippen molar-refractivity contribution in [3.63, 3.8) is 0 Å². The fourth-order valence-corrected chi connectivity index (χ4v) is 2.64. The lowest BCUT2D eigenvalue weighted by Gasteiger charge is -2.37. The van der Waals surface area contributed by atoms with Crippen molar-refractivity contribution < 1.29 is 0 Å². The van der Waals surface area contributed by atoms with Gasteiger partial charge in [-0.2, -0.15) is 0 Å². The van der Waals surface area contributed by atoms with Gasteiger partial charge in [-0.05, 0) is 37.7 Å². The minimum absolute atomic E-state index is 0.663. The van der Waals surface area contributed by atoms with Gasteiger partial charge in [0.2, 0.25) is 0 Å². The first-order chi connectivity index (χ1) is 6.11. The Labute approximate surface area is 81.1 Å². The molecule has 72 valence electrons. The molecule has 1 heteroatoms. The molecule has 1 aliphatic carbocycles. The fourth-order valence-electron chi connectivity index (χ4n) is 2.64. The van der Waals surface area contributed by atoms with Gasteiger partial charge in [-0.15, -0.1) is 0 Å². The molecule has 0 bridgehead atoms. The van der Waals surface area contributed by atoms with E-state index in [0.717, 1.165) is 0 Å². The van der Waals surface area contributed by atoms with Crippen LogP contribution in [0, 0.1) is 5.41 Å². The minimum Gasteiger partial charge on any atom is -0.377 e. The van der Waals surface area contributed by atoms with Crippen LogP contribution in [-0.2, 0) is 0 Å². The van der Waals surface area contributed by atoms with Crippen molar-refractivity contribution in [2.75, 3.05) is 13.6 Å². The van der Waals surface area contributed by atoms with Crippen molar-refractivity contribution in [2.45, 2.75) is 32.6 Å². The van der Waals surface area contributed by atoms with Crippen molar-refractivity contribution in [2.24, 2.45) is 5.41 Å². The van der Waals surface area contributed by atoms with Gasteiger partial charge in [0.25, 0.3) is 0 Å². The van der Waals surface area contributed by atoms with E-state index in [1.54, 1.807) is 0 Å². The van der Waals surface area contributed by atoms with Crippen LogP contribution in [0.25, 0.3) is 0 Å². The molecule has 1 heterocycles. The Balaban J connectivity index is 2.11. The summed E-state index contributed by atoms with van der Waals surface area (Å²) < 4.78 is 0. The molecule has 0 aromatic heterocycles. The van der Waals surface area contributed by atoms with E-state index in [1.807, 2.05) is 0 Å². The van der Waals surface area contributed by atoms with E-state index in [2.05, 4.69) is 31.5 Å². The van der Waals surface area contributed by atoms with E-state index in [-0.39, 0.29) is 0 Å². The Bertz CT molecular complexity index is 258. The Kier molecular flexibility index (Phi) is 1.98. The summed E-state index contributed by atoms with van der Waals surface area (Å²) in [7, 11) is 2.21. The van der Waals surface area contributed by atoms with Crippen LogP contribution in [0.3, 0.4) is 0 Å². The standard InChI is InChI=1S/C12H19N/c1-10(2)7-11-8-12(5-4-6-12)9-13(11)3/h7H,1,4-6,8-9H2,2-3H3/b11-7-. The van der Waals surface area contributed by atoms with Gasteiger partial charge in [-0.1, -0.05) is 18.6 Å². The molecule has 2 aliphatic rings. The predicted octanol–water partition coefficient (Wildman–Crippen LogP) is 2.95. The third kappa shape index (κ3) is 1.52. The normalized spacial score (nSPS) is 28.2. The third-order valence-electron chi connectivity index (χ3n) is 3.45. The summed E-state index contributed by atoms with van der Waals surface area (Å²) in [4.78, 5) is 2.41. The lowest BCUT2D eigenvalue weighted by Crippen LogP contribution is -2.31. The summed E-state index contributed by atoms with van der Waals surface area (Å²) in [5, 5.41) is 0. The van der Waals surface area contributed by atoms with Gasteiger partial charge >= 0.3 is 0 Å². The number of nitrogens with zero attached hydrogens (tertiary/aromatic N) is 1. The highest BCUT2D eigenvalue weighted by Gasteiger charge is 2.43. The van der Waals surface area contributed by atoms with Gasteiger partial charge in [-0.25, -0.2) is 0 Å².